The lowest BCUT2D eigenvalue weighted by Gasteiger charge is -2.01. The minimum Gasteiger partial charge on any atom is -0.503 e. The summed E-state index contributed by atoms with van der Waals surface area (Å²) in [6.07, 6.45) is 4.24. The molecule has 4 heteroatoms. The number of furan rings is 1. The van der Waals surface area contributed by atoms with Gasteiger partial charge in [-0.25, -0.2) is 4.79 Å². The molecule has 0 radical (unpaired) electrons. The second-order valence-corrected chi connectivity index (χ2v) is 2.27. The summed E-state index contributed by atoms with van der Waals surface area (Å²) in [5.41, 5.74) is 0.965. The highest BCUT2D eigenvalue weighted by Gasteiger charge is 2.13. The molecule has 1 rings (SSSR count). The van der Waals surface area contributed by atoms with E-state index in [2.05, 4.69) is 4.74 Å². The van der Waals surface area contributed by atoms with Crippen LogP contribution in [0.25, 0.3) is 5.57 Å². The molecule has 4 nitrogen and oxygen atoms in total. The lowest BCUT2D eigenvalue weighted by molar-refractivity contribution is -0.133. The molecule has 70 valence electrons. The number of hydrogen-bond donors (Lipinski definition) is 0. The summed E-state index contributed by atoms with van der Waals surface area (Å²) < 4.78 is 14.1. The zero-order chi connectivity index (χ0) is 9.68. The maximum absolute atomic E-state index is 11.2. The Morgan fingerprint density at radius 1 is 1.54 bits per heavy atom. The number of carbonyl (C=O) groups is 1. The smallest absolute Gasteiger partial charge is 0.341 e. The van der Waals surface area contributed by atoms with E-state index in [0.29, 0.717) is 11.1 Å². The summed E-state index contributed by atoms with van der Waals surface area (Å²) in [5, 5.41) is 0. The molecule has 13 heavy (non-hydrogen) atoms. The average Bonchev–Trinajstić information content (AvgIpc) is 2.65. The van der Waals surface area contributed by atoms with Crippen LogP contribution in [0.4, 0.5) is 0 Å². The molecular formula is C9H10O4. The summed E-state index contributed by atoms with van der Waals surface area (Å²) in [4.78, 5) is 11.2. The number of esters is 1. The monoisotopic (exact) mass is 182 g/mol. The molecule has 0 aromatic carbocycles. The van der Waals surface area contributed by atoms with Gasteiger partial charge in [-0.1, -0.05) is 0 Å². The first-order valence-electron chi connectivity index (χ1n) is 3.63. The van der Waals surface area contributed by atoms with E-state index in [1.54, 1.807) is 6.07 Å². The maximum Gasteiger partial charge on any atom is 0.341 e. The highest BCUT2D eigenvalue weighted by Crippen LogP contribution is 2.15. The van der Waals surface area contributed by atoms with Crippen LogP contribution >= 0.6 is 0 Å². The van der Waals surface area contributed by atoms with Crippen molar-refractivity contribution in [1.82, 2.24) is 0 Å². The molecule has 1 heterocycles. The Hall–Kier alpha value is -1.71. The zero-order valence-corrected chi connectivity index (χ0v) is 7.44. The summed E-state index contributed by atoms with van der Waals surface area (Å²) in [7, 11) is 2.77. The quantitative estimate of drug-likeness (QED) is 0.403. The predicted molar refractivity (Wildman–Crippen MR) is 45.7 cm³/mol. The molecule has 0 fully saturated rings. The van der Waals surface area contributed by atoms with Crippen molar-refractivity contribution in [1.29, 1.82) is 0 Å². The van der Waals surface area contributed by atoms with Crippen molar-refractivity contribution < 1.29 is 18.7 Å². The predicted octanol–water partition coefficient (Wildman–Crippen LogP) is 1.44. The highest BCUT2D eigenvalue weighted by atomic mass is 16.5. The van der Waals surface area contributed by atoms with Crippen LogP contribution in [0, 0.1) is 0 Å². The van der Waals surface area contributed by atoms with Crippen molar-refractivity contribution in [2.45, 2.75) is 0 Å². The first kappa shape index (κ1) is 9.38. The summed E-state index contributed by atoms with van der Waals surface area (Å²) >= 11 is 0. The maximum atomic E-state index is 11.2. The first-order valence-corrected chi connectivity index (χ1v) is 3.63. The molecule has 0 aliphatic rings. The number of ether oxygens (including phenoxy) is 2. The molecule has 0 saturated carbocycles. The van der Waals surface area contributed by atoms with Gasteiger partial charge in [-0.2, -0.15) is 0 Å². The number of carbonyl (C=O) groups excluding carboxylic acids is 1. The second-order valence-electron chi connectivity index (χ2n) is 2.27. The van der Waals surface area contributed by atoms with Crippen LogP contribution in [-0.2, 0) is 14.3 Å². The molecule has 0 saturated heterocycles. The largest absolute Gasteiger partial charge is 0.503 e. The summed E-state index contributed by atoms with van der Waals surface area (Å²) in [6.45, 7) is 0. The van der Waals surface area contributed by atoms with Crippen molar-refractivity contribution in [3.8, 4) is 0 Å². The molecule has 0 N–H and O–H groups in total. The van der Waals surface area contributed by atoms with Crippen molar-refractivity contribution in [2.24, 2.45) is 0 Å². The van der Waals surface area contributed by atoms with Crippen LogP contribution in [0.15, 0.2) is 29.3 Å². The zero-order valence-electron chi connectivity index (χ0n) is 7.44. The molecule has 1 aromatic heterocycles. The van der Waals surface area contributed by atoms with Gasteiger partial charge in [-0.15, -0.1) is 0 Å². The minimum absolute atomic E-state index is 0.332. The summed E-state index contributed by atoms with van der Waals surface area (Å²) in [6, 6.07) is 1.65. The van der Waals surface area contributed by atoms with Gasteiger partial charge < -0.3 is 13.9 Å². The SMILES string of the molecule is CO/C=C(/C(=O)OC)c1ccoc1. The Kier molecular flexibility index (Phi) is 3.14. The van der Waals surface area contributed by atoms with Crippen molar-refractivity contribution >= 4 is 11.5 Å². The van der Waals surface area contributed by atoms with E-state index < -0.39 is 5.97 Å². The van der Waals surface area contributed by atoms with Crippen LogP contribution in [0.5, 0.6) is 0 Å². The third-order valence-corrected chi connectivity index (χ3v) is 1.47. The van der Waals surface area contributed by atoms with Crippen molar-refractivity contribution in [3.63, 3.8) is 0 Å². The third kappa shape index (κ3) is 2.11. The number of methoxy groups -OCH3 is 2. The Morgan fingerprint density at radius 2 is 2.31 bits per heavy atom. The third-order valence-electron chi connectivity index (χ3n) is 1.47. The standard InChI is InChI=1S/C9H10O4/c1-11-6-8(9(10)12-2)7-3-4-13-5-7/h3-6H,1-2H3/b8-6+. The molecule has 0 unspecified atom stereocenters. The van der Waals surface area contributed by atoms with Crippen LogP contribution < -0.4 is 0 Å². The molecule has 0 amide bonds. The van der Waals surface area contributed by atoms with Gasteiger partial charge in [-0.3, -0.25) is 0 Å². The van der Waals surface area contributed by atoms with Gasteiger partial charge in [0, 0.05) is 5.56 Å². The van der Waals surface area contributed by atoms with E-state index in [1.165, 1.54) is 33.0 Å². The fourth-order valence-electron chi connectivity index (χ4n) is 0.880. The van der Waals surface area contributed by atoms with E-state index in [4.69, 9.17) is 9.15 Å². The van der Waals surface area contributed by atoms with Gasteiger partial charge in [0.05, 0.1) is 33.0 Å². The summed E-state index contributed by atoms with van der Waals surface area (Å²) in [5.74, 6) is -0.455. The van der Waals surface area contributed by atoms with Crippen LogP contribution in [-0.4, -0.2) is 20.2 Å². The van der Waals surface area contributed by atoms with E-state index in [0.717, 1.165) is 0 Å². The van der Waals surface area contributed by atoms with Crippen LogP contribution in [0.1, 0.15) is 5.56 Å². The van der Waals surface area contributed by atoms with E-state index >= 15 is 0 Å². The lowest BCUT2D eigenvalue weighted by Crippen LogP contribution is -2.03. The molecule has 0 aliphatic carbocycles. The van der Waals surface area contributed by atoms with E-state index in [-0.39, 0.29) is 0 Å². The molecule has 1 aromatic rings. The second kappa shape index (κ2) is 4.35. The Balaban J connectivity index is 2.94. The topological polar surface area (TPSA) is 48.7 Å². The van der Waals surface area contributed by atoms with Crippen molar-refractivity contribution in [3.05, 3.63) is 30.4 Å². The van der Waals surface area contributed by atoms with Crippen molar-refractivity contribution in [2.75, 3.05) is 14.2 Å². The molecule has 0 aliphatic heterocycles. The number of rotatable bonds is 3. The first-order chi connectivity index (χ1) is 6.29. The van der Waals surface area contributed by atoms with Crippen LogP contribution in [0.2, 0.25) is 0 Å². The Morgan fingerprint density at radius 3 is 2.77 bits per heavy atom. The Labute approximate surface area is 75.7 Å². The van der Waals surface area contributed by atoms with Gasteiger partial charge in [0.2, 0.25) is 0 Å². The lowest BCUT2D eigenvalue weighted by atomic mass is 10.1. The minimum atomic E-state index is -0.455. The normalized spacial score (nSPS) is 11.1. The van der Waals surface area contributed by atoms with E-state index in [9.17, 15) is 4.79 Å². The Bertz CT molecular complexity index is 297. The van der Waals surface area contributed by atoms with Gasteiger partial charge in [0.1, 0.15) is 5.57 Å². The molecular weight excluding hydrogens is 172 g/mol. The van der Waals surface area contributed by atoms with Gasteiger partial charge in [0.15, 0.2) is 0 Å². The van der Waals surface area contributed by atoms with Gasteiger partial charge in [0.25, 0.3) is 0 Å². The average molecular weight is 182 g/mol. The fraction of sp³-hybridized carbons (Fsp3) is 0.222. The highest BCUT2D eigenvalue weighted by molar-refractivity contribution is 6.15. The molecule has 0 atom stereocenters. The van der Waals surface area contributed by atoms with E-state index in [1.807, 2.05) is 0 Å². The van der Waals surface area contributed by atoms with Gasteiger partial charge in [-0.05, 0) is 6.07 Å². The fourth-order valence-corrected chi connectivity index (χ4v) is 0.880. The van der Waals surface area contributed by atoms with Gasteiger partial charge >= 0.3 is 5.97 Å². The van der Waals surface area contributed by atoms with Crippen LogP contribution in [0.3, 0.4) is 0 Å². The molecule has 0 spiro atoms. The number of hydrogen-bond acceptors (Lipinski definition) is 4. The molecule has 0 bridgehead atoms.